The Labute approximate surface area is 177 Å². The van der Waals surface area contributed by atoms with Crippen LogP contribution in [-0.2, 0) is 10.0 Å². The zero-order chi connectivity index (χ0) is 21.0. The smallest absolute Gasteiger partial charge is 0.289 e. The number of carbonyl (C=O) groups is 1. The van der Waals surface area contributed by atoms with Crippen molar-refractivity contribution in [2.45, 2.75) is 55.8 Å². The van der Waals surface area contributed by atoms with E-state index in [-0.39, 0.29) is 22.5 Å². The zero-order valence-corrected chi connectivity index (χ0v) is 17.8. The van der Waals surface area contributed by atoms with Crippen molar-refractivity contribution < 1.29 is 17.7 Å². The first-order chi connectivity index (χ1) is 14.5. The Morgan fingerprint density at radius 3 is 2.80 bits per heavy atom. The van der Waals surface area contributed by atoms with E-state index in [0.29, 0.717) is 31.2 Å². The van der Waals surface area contributed by atoms with Crippen molar-refractivity contribution in [3.8, 4) is 0 Å². The molecule has 8 nitrogen and oxygen atoms in total. The number of sulfonamides is 1. The predicted octanol–water partition coefficient (Wildman–Crippen LogP) is 2.95. The van der Waals surface area contributed by atoms with E-state index >= 15 is 0 Å². The molecule has 1 aliphatic carbocycles. The largest absolute Gasteiger partial charge is 0.351 e. The van der Waals surface area contributed by atoms with Crippen LogP contribution in [-0.4, -0.2) is 48.4 Å². The monoisotopic (exact) mass is 432 g/mol. The molecule has 0 bridgehead atoms. The Morgan fingerprint density at radius 2 is 2.03 bits per heavy atom. The third-order valence-corrected chi connectivity index (χ3v) is 7.95. The number of hydrogen-bond donors (Lipinski definition) is 1. The van der Waals surface area contributed by atoms with Gasteiger partial charge in [0.1, 0.15) is 4.90 Å². The number of nitrogens with one attached hydrogen (secondary N) is 1. The highest BCUT2D eigenvalue weighted by molar-refractivity contribution is 7.89. The van der Waals surface area contributed by atoms with Crippen LogP contribution in [0.3, 0.4) is 0 Å². The first kappa shape index (κ1) is 21.0. The van der Waals surface area contributed by atoms with E-state index in [4.69, 9.17) is 4.52 Å². The van der Waals surface area contributed by atoms with Gasteiger partial charge >= 0.3 is 0 Å². The average molecular weight is 433 g/mol. The third-order valence-electron chi connectivity index (χ3n) is 6.10. The van der Waals surface area contributed by atoms with Crippen molar-refractivity contribution in [3.63, 3.8) is 0 Å². The van der Waals surface area contributed by atoms with Gasteiger partial charge in [-0.15, -0.1) is 0 Å². The van der Waals surface area contributed by atoms with Crippen LogP contribution in [0.1, 0.15) is 67.1 Å². The van der Waals surface area contributed by atoms with Gasteiger partial charge in [0.05, 0.1) is 5.69 Å². The van der Waals surface area contributed by atoms with Gasteiger partial charge in [0.15, 0.2) is 0 Å². The minimum absolute atomic E-state index is 0.103. The van der Waals surface area contributed by atoms with Crippen molar-refractivity contribution in [1.29, 1.82) is 0 Å². The summed E-state index contributed by atoms with van der Waals surface area (Å²) in [6, 6.07) is 4.82. The molecule has 1 atom stereocenters. The maximum absolute atomic E-state index is 12.9. The summed E-state index contributed by atoms with van der Waals surface area (Å²) < 4.78 is 32.5. The molecule has 0 radical (unpaired) electrons. The average Bonchev–Trinajstić information content (AvgIpc) is 3.29. The highest BCUT2D eigenvalue weighted by Gasteiger charge is 2.32. The molecule has 1 aliphatic heterocycles. The van der Waals surface area contributed by atoms with Crippen LogP contribution < -0.4 is 5.32 Å². The molecule has 2 aliphatic rings. The molecule has 4 rings (SSSR count). The highest BCUT2D eigenvalue weighted by atomic mass is 32.2. The van der Waals surface area contributed by atoms with E-state index in [2.05, 4.69) is 15.5 Å². The molecule has 0 unspecified atom stereocenters. The SMILES string of the molecule is O=C(NCC1CCCCC1)c1cc([C@H]2CCCN(S(=O)(=O)c3cccnc3)C2)no1. The molecule has 3 heterocycles. The van der Waals surface area contributed by atoms with Gasteiger partial charge in [0.2, 0.25) is 15.8 Å². The Kier molecular flexibility index (Phi) is 6.48. The molecule has 1 N–H and O–H groups in total. The molecular weight excluding hydrogens is 404 g/mol. The van der Waals surface area contributed by atoms with E-state index in [0.717, 1.165) is 25.7 Å². The lowest BCUT2D eigenvalue weighted by Crippen LogP contribution is -2.39. The summed E-state index contributed by atoms with van der Waals surface area (Å²) in [6.45, 7) is 1.43. The summed E-state index contributed by atoms with van der Waals surface area (Å²) in [6.07, 6.45) is 10.5. The van der Waals surface area contributed by atoms with E-state index in [1.54, 1.807) is 24.4 Å². The normalized spacial score (nSPS) is 21.4. The van der Waals surface area contributed by atoms with Crippen LogP contribution in [0.15, 0.2) is 40.0 Å². The minimum atomic E-state index is -3.60. The van der Waals surface area contributed by atoms with Crippen molar-refractivity contribution in [2.24, 2.45) is 5.92 Å². The molecule has 1 amide bonds. The van der Waals surface area contributed by atoms with Gasteiger partial charge in [-0.3, -0.25) is 9.78 Å². The lowest BCUT2D eigenvalue weighted by Gasteiger charge is -2.30. The summed E-state index contributed by atoms with van der Waals surface area (Å²) in [5.41, 5.74) is 0.629. The van der Waals surface area contributed by atoms with E-state index in [1.165, 1.54) is 29.8 Å². The zero-order valence-electron chi connectivity index (χ0n) is 17.0. The lowest BCUT2D eigenvalue weighted by molar-refractivity contribution is 0.0906. The molecule has 2 fully saturated rings. The standard InChI is InChI=1S/C21H28N4O4S/c26-21(23-13-16-6-2-1-3-7-16)20-12-19(24-29-20)17-8-5-11-25(15-17)30(27,28)18-9-4-10-22-14-18/h4,9-10,12,14,16-17H,1-3,5-8,11,13,15H2,(H,23,26)/t17-/m0/s1. The van der Waals surface area contributed by atoms with Crippen LogP contribution in [0.5, 0.6) is 0 Å². The van der Waals surface area contributed by atoms with Crippen LogP contribution in [0.25, 0.3) is 0 Å². The Balaban J connectivity index is 1.38. The van der Waals surface area contributed by atoms with E-state index in [9.17, 15) is 13.2 Å². The van der Waals surface area contributed by atoms with Gasteiger partial charge in [-0.05, 0) is 43.7 Å². The van der Waals surface area contributed by atoms with Crippen LogP contribution in [0.4, 0.5) is 0 Å². The molecule has 0 spiro atoms. The quantitative estimate of drug-likeness (QED) is 0.752. The predicted molar refractivity (Wildman–Crippen MR) is 110 cm³/mol. The number of hydrogen-bond acceptors (Lipinski definition) is 6. The second-order valence-electron chi connectivity index (χ2n) is 8.22. The number of rotatable bonds is 6. The topological polar surface area (TPSA) is 105 Å². The molecule has 1 saturated heterocycles. The minimum Gasteiger partial charge on any atom is -0.351 e. The summed E-state index contributed by atoms with van der Waals surface area (Å²) in [5.74, 6) is 0.367. The maximum Gasteiger partial charge on any atom is 0.289 e. The van der Waals surface area contributed by atoms with Gasteiger partial charge in [-0.1, -0.05) is 24.4 Å². The van der Waals surface area contributed by atoms with E-state index < -0.39 is 10.0 Å². The molecule has 1 saturated carbocycles. The fraction of sp³-hybridized carbons (Fsp3) is 0.571. The number of amides is 1. The molecule has 162 valence electrons. The van der Waals surface area contributed by atoms with E-state index in [1.807, 2.05) is 0 Å². The Hall–Kier alpha value is -2.26. The van der Waals surface area contributed by atoms with Crippen molar-refractivity contribution in [2.75, 3.05) is 19.6 Å². The first-order valence-electron chi connectivity index (χ1n) is 10.7. The fourth-order valence-electron chi connectivity index (χ4n) is 4.35. The molecule has 9 heteroatoms. The van der Waals surface area contributed by atoms with Crippen molar-refractivity contribution in [3.05, 3.63) is 42.0 Å². The number of nitrogens with zero attached hydrogens (tertiary/aromatic N) is 3. The van der Waals surface area contributed by atoms with Gasteiger partial charge in [-0.25, -0.2) is 8.42 Å². The molecule has 30 heavy (non-hydrogen) atoms. The Morgan fingerprint density at radius 1 is 1.20 bits per heavy atom. The number of aromatic nitrogens is 2. The number of piperidine rings is 1. The highest BCUT2D eigenvalue weighted by Crippen LogP contribution is 2.30. The lowest BCUT2D eigenvalue weighted by atomic mass is 9.89. The van der Waals surface area contributed by atoms with Crippen LogP contribution in [0.2, 0.25) is 0 Å². The number of carbonyl (C=O) groups excluding carboxylic acids is 1. The van der Waals surface area contributed by atoms with Gasteiger partial charge in [0.25, 0.3) is 5.91 Å². The van der Waals surface area contributed by atoms with Gasteiger partial charge in [-0.2, -0.15) is 4.31 Å². The second-order valence-corrected chi connectivity index (χ2v) is 10.2. The van der Waals surface area contributed by atoms with Crippen LogP contribution >= 0.6 is 0 Å². The summed E-state index contributed by atoms with van der Waals surface area (Å²) in [4.78, 5) is 16.5. The van der Waals surface area contributed by atoms with Gasteiger partial charge < -0.3 is 9.84 Å². The number of pyridine rings is 1. The van der Waals surface area contributed by atoms with Gasteiger partial charge in [0, 0.05) is 44.0 Å². The maximum atomic E-state index is 12.9. The first-order valence-corrected chi connectivity index (χ1v) is 12.1. The summed E-state index contributed by atoms with van der Waals surface area (Å²) in [7, 11) is -3.60. The Bertz CT molecular complexity index is 954. The van der Waals surface area contributed by atoms with Crippen molar-refractivity contribution >= 4 is 15.9 Å². The molecule has 2 aromatic rings. The molecular formula is C21H28N4O4S. The van der Waals surface area contributed by atoms with Crippen molar-refractivity contribution in [1.82, 2.24) is 19.8 Å². The van der Waals surface area contributed by atoms with Crippen LogP contribution in [0, 0.1) is 5.92 Å². The third kappa shape index (κ3) is 4.73. The molecule has 0 aromatic carbocycles. The summed E-state index contributed by atoms with van der Waals surface area (Å²) in [5, 5.41) is 7.03. The summed E-state index contributed by atoms with van der Waals surface area (Å²) >= 11 is 0. The second kappa shape index (κ2) is 9.26. The fourth-order valence-corrected chi connectivity index (χ4v) is 5.84. The molecule has 2 aromatic heterocycles.